The number of nitrogens with zero attached hydrogens (tertiary/aromatic N) is 1. The second-order valence-electron chi connectivity index (χ2n) is 6.94. The van der Waals surface area contributed by atoms with Gasteiger partial charge in [-0.1, -0.05) is 31.0 Å². The predicted octanol–water partition coefficient (Wildman–Crippen LogP) is 3.45. The highest BCUT2D eigenvalue weighted by Gasteiger charge is 2.47. The van der Waals surface area contributed by atoms with Crippen LogP contribution in [-0.2, 0) is 21.2 Å². The lowest BCUT2D eigenvalue weighted by molar-refractivity contribution is -0.142. The third kappa shape index (κ3) is 3.24. The Kier molecular flexibility index (Phi) is 4.51. The molecule has 0 aromatic heterocycles. The Balaban J connectivity index is 1.92. The van der Waals surface area contributed by atoms with Crippen molar-refractivity contribution >= 4 is 11.9 Å². The van der Waals surface area contributed by atoms with Crippen LogP contribution in [0.15, 0.2) is 24.3 Å². The highest BCUT2D eigenvalue weighted by Crippen LogP contribution is 2.44. The van der Waals surface area contributed by atoms with Gasteiger partial charge < -0.3 is 10.0 Å². The van der Waals surface area contributed by atoms with Crippen molar-refractivity contribution in [3.63, 3.8) is 0 Å². The molecule has 1 N–H and O–H groups in total. The van der Waals surface area contributed by atoms with Crippen LogP contribution in [0, 0.1) is 5.92 Å². The number of halogens is 3. The molecular weight excluding hydrogens is 335 g/mol. The molecule has 0 radical (unpaired) electrons. The number of carbonyl (C=O) groups is 2. The lowest BCUT2D eigenvalue weighted by atomic mass is 9.77. The average Bonchev–Trinajstić information content (AvgIpc) is 3.24. The number of hydrogen-bond acceptors (Lipinski definition) is 2. The molecule has 1 saturated carbocycles. The molecule has 1 heterocycles. The van der Waals surface area contributed by atoms with Gasteiger partial charge in [0.2, 0.25) is 5.91 Å². The maximum atomic E-state index is 13.2. The van der Waals surface area contributed by atoms with Crippen LogP contribution in [0.5, 0.6) is 0 Å². The van der Waals surface area contributed by atoms with Gasteiger partial charge in [-0.25, -0.2) is 0 Å². The Bertz CT molecular complexity index is 680. The van der Waals surface area contributed by atoms with Gasteiger partial charge in [0, 0.05) is 13.1 Å². The van der Waals surface area contributed by atoms with Crippen molar-refractivity contribution in [2.24, 2.45) is 5.92 Å². The first-order valence-corrected chi connectivity index (χ1v) is 8.44. The Hall–Kier alpha value is -2.05. The van der Waals surface area contributed by atoms with Gasteiger partial charge in [-0.15, -0.1) is 0 Å². The van der Waals surface area contributed by atoms with Crippen LogP contribution in [0.2, 0.25) is 0 Å². The van der Waals surface area contributed by atoms with Gasteiger partial charge in [0.05, 0.1) is 16.9 Å². The van der Waals surface area contributed by atoms with E-state index in [1.54, 1.807) is 6.07 Å². The molecule has 4 nitrogen and oxygen atoms in total. The number of rotatable bonds is 3. The quantitative estimate of drug-likeness (QED) is 0.903. The zero-order valence-electron chi connectivity index (χ0n) is 13.7. The fraction of sp³-hybridized carbons (Fsp3) is 0.556. The van der Waals surface area contributed by atoms with Gasteiger partial charge in [-0.3, -0.25) is 9.59 Å². The van der Waals surface area contributed by atoms with Crippen LogP contribution < -0.4 is 0 Å². The summed E-state index contributed by atoms with van der Waals surface area (Å²) < 4.78 is 39.2. The largest absolute Gasteiger partial charge is 0.481 e. The summed E-state index contributed by atoms with van der Waals surface area (Å²) in [5.74, 6) is -1.76. The lowest BCUT2D eigenvalue weighted by Gasteiger charge is -2.33. The predicted molar refractivity (Wildman–Crippen MR) is 83.9 cm³/mol. The van der Waals surface area contributed by atoms with E-state index < -0.39 is 29.0 Å². The van der Waals surface area contributed by atoms with Gasteiger partial charge in [0.25, 0.3) is 0 Å². The SMILES string of the molecule is O=C(O)C1CCN(C(=O)C2(c3cccc(C(F)(F)F)c3)CCCC2)C1. The molecule has 3 rings (SSSR count). The van der Waals surface area contributed by atoms with E-state index in [0.717, 1.165) is 25.0 Å². The molecule has 7 heteroatoms. The summed E-state index contributed by atoms with van der Waals surface area (Å²) >= 11 is 0. The van der Waals surface area contributed by atoms with Gasteiger partial charge in [-0.05, 0) is 30.9 Å². The summed E-state index contributed by atoms with van der Waals surface area (Å²) in [6, 6.07) is 5.01. The van der Waals surface area contributed by atoms with Gasteiger partial charge in [-0.2, -0.15) is 13.2 Å². The number of carbonyl (C=O) groups excluding carboxylic acids is 1. The number of alkyl halides is 3. The number of likely N-dealkylation sites (tertiary alicyclic amines) is 1. The molecule has 136 valence electrons. The summed E-state index contributed by atoms with van der Waals surface area (Å²) in [4.78, 5) is 25.8. The average molecular weight is 355 g/mol. The minimum Gasteiger partial charge on any atom is -0.481 e. The van der Waals surface area contributed by atoms with E-state index in [2.05, 4.69) is 0 Å². The summed E-state index contributed by atoms with van der Waals surface area (Å²) in [6.07, 6.45) is -1.51. The highest BCUT2D eigenvalue weighted by atomic mass is 19.4. The molecule has 1 aromatic carbocycles. The molecule has 1 unspecified atom stereocenters. The van der Waals surface area contributed by atoms with E-state index in [1.165, 1.54) is 11.0 Å². The number of carboxylic acid groups (broad SMARTS) is 1. The lowest BCUT2D eigenvalue weighted by Crippen LogP contribution is -2.45. The van der Waals surface area contributed by atoms with Crippen molar-refractivity contribution in [2.45, 2.75) is 43.7 Å². The van der Waals surface area contributed by atoms with E-state index in [-0.39, 0.29) is 12.5 Å². The first-order chi connectivity index (χ1) is 11.7. The van der Waals surface area contributed by atoms with Crippen LogP contribution in [0.1, 0.15) is 43.2 Å². The molecule has 25 heavy (non-hydrogen) atoms. The fourth-order valence-corrected chi connectivity index (χ4v) is 4.05. The van der Waals surface area contributed by atoms with E-state index in [9.17, 15) is 22.8 Å². The second kappa shape index (κ2) is 6.35. The Labute approximate surface area is 143 Å². The second-order valence-corrected chi connectivity index (χ2v) is 6.94. The Morgan fingerprint density at radius 2 is 1.88 bits per heavy atom. The summed E-state index contributed by atoms with van der Waals surface area (Å²) in [5, 5.41) is 9.12. The number of carboxylic acids is 1. The van der Waals surface area contributed by atoms with E-state index in [4.69, 9.17) is 5.11 Å². The first-order valence-electron chi connectivity index (χ1n) is 8.44. The zero-order valence-corrected chi connectivity index (χ0v) is 13.7. The number of benzene rings is 1. The molecule has 1 aliphatic heterocycles. The van der Waals surface area contributed by atoms with Crippen molar-refractivity contribution in [1.82, 2.24) is 4.90 Å². The van der Waals surface area contributed by atoms with Crippen molar-refractivity contribution in [3.05, 3.63) is 35.4 Å². The van der Waals surface area contributed by atoms with Crippen molar-refractivity contribution in [2.75, 3.05) is 13.1 Å². The molecular formula is C18H20F3NO3. The third-order valence-electron chi connectivity index (χ3n) is 5.43. The summed E-state index contributed by atoms with van der Waals surface area (Å²) in [6.45, 7) is 0.478. The van der Waals surface area contributed by atoms with Crippen molar-refractivity contribution in [1.29, 1.82) is 0 Å². The minimum atomic E-state index is -4.46. The third-order valence-corrected chi connectivity index (χ3v) is 5.43. The monoisotopic (exact) mass is 355 g/mol. The molecule has 1 aromatic rings. The topological polar surface area (TPSA) is 57.6 Å². The number of amides is 1. The van der Waals surface area contributed by atoms with Gasteiger partial charge >= 0.3 is 12.1 Å². The standard InChI is InChI=1S/C18H20F3NO3/c19-18(20,21)14-5-3-4-13(10-14)17(7-1-2-8-17)16(25)22-9-6-12(11-22)15(23)24/h3-5,10,12H,1-2,6-9,11H2,(H,23,24). The van der Waals surface area contributed by atoms with Gasteiger partial charge in [0.1, 0.15) is 0 Å². The Morgan fingerprint density at radius 3 is 2.44 bits per heavy atom. The Morgan fingerprint density at radius 1 is 1.20 bits per heavy atom. The zero-order chi connectivity index (χ0) is 18.2. The summed E-state index contributed by atoms with van der Waals surface area (Å²) in [7, 11) is 0. The van der Waals surface area contributed by atoms with Crippen LogP contribution in [-0.4, -0.2) is 35.0 Å². The van der Waals surface area contributed by atoms with Crippen LogP contribution >= 0.6 is 0 Å². The fourth-order valence-electron chi connectivity index (χ4n) is 4.05. The summed E-state index contributed by atoms with van der Waals surface area (Å²) in [5.41, 5.74) is -1.33. The maximum absolute atomic E-state index is 13.2. The minimum absolute atomic E-state index is 0.134. The molecule has 1 saturated heterocycles. The molecule has 1 amide bonds. The van der Waals surface area contributed by atoms with Crippen LogP contribution in [0.3, 0.4) is 0 Å². The van der Waals surface area contributed by atoms with E-state index in [0.29, 0.717) is 31.4 Å². The molecule has 2 aliphatic rings. The van der Waals surface area contributed by atoms with Crippen LogP contribution in [0.4, 0.5) is 13.2 Å². The highest BCUT2D eigenvalue weighted by molar-refractivity contribution is 5.89. The molecule has 2 fully saturated rings. The molecule has 0 bridgehead atoms. The van der Waals surface area contributed by atoms with Gasteiger partial charge in [0.15, 0.2) is 0 Å². The van der Waals surface area contributed by atoms with Crippen molar-refractivity contribution < 1.29 is 27.9 Å². The number of hydrogen-bond donors (Lipinski definition) is 1. The van der Waals surface area contributed by atoms with Crippen LogP contribution in [0.25, 0.3) is 0 Å². The number of aliphatic carboxylic acids is 1. The molecule has 1 atom stereocenters. The molecule has 1 aliphatic carbocycles. The maximum Gasteiger partial charge on any atom is 0.416 e. The van der Waals surface area contributed by atoms with Crippen molar-refractivity contribution in [3.8, 4) is 0 Å². The smallest absolute Gasteiger partial charge is 0.416 e. The first kappa shape index (κ1) is 17.8. The molecule has 0 spiro atoms. The van der Waals surface area contributed by atoms with E-state index in [1.807, 2.05) is 0 Å². The van der Waals surface area contributed by atoms with E-state index >= 15 is 0 Å². The normalized spacial score (nSPS) is 23.0.